The van der Waals surface area contributed by atoms with Gasteiger partial charge in [-0.05, 0) is 43.9 Å². The van der Waals surface area contributed by atoms with Crippen molar-refractivity contribution in [2.45, 2.75) is 46.1 Å². The molecule has 0 bridgehead atoms. The maximum absolute atomic E-state index is 5.89. The molecule has 0 spiro atoms. The fraction of sp³-hybridized carbons (Fsp3) is 0.438. The predicted octanol–water partition coefficient (Wildman–Crippen LogP) is 3.02. The van der Waals surface area contributed by atoms with Gasteiger partial charge in [-0.3, -0.25) is 0 Å². The van der Waals surface area contributed by atoms with Crippen LogP contribution in [0.4, 0.5) is 0 Å². The van der Waals surface area contributed by atoms with E-state index in [1.165, 1.54) is 16.8 Å². The van der Waals surface area contributed by atoms with Gasteiger partial charge in [-0.2, -0.15) is 0 Å². The topological polar surface area (TPSA) is 43.8 Å². The van der Waals surface area contributed by atoms with E-state index in [-0.39, 0.29) is 6.04 Å². The Morgan fingerprint density at radius 1 is 1.37 bits per heavy atom. The molecule has 0 fully saturated rings. The highest BCUT2D eigenvalue weighted by atomic mass is 15.1. The highest BCUT2D eigenvalue weighted by Gasteiger charge is 2.08. The van der Waals surface area contributed by atoms with Crippen LogP contribution in [0.3, 0.4) is 0 Å². The molecule has 19 heavy (non-hydrogen) atoms. The van der Waals surface area contributed by atoms with Crippen molar-refractivity contribution in [1.82, 2.24) is 9.55 Å². The van der Waals surface area contributed by atoms with Crippen molar-refractivity contribution in [1.29, 1.82) is 0 Å². The van der Waals surface area contributed by atoms with Gasteiger partial charge < -0.3 is 10.3 Å². The molecule has 0 saturated heterocycles. The molecule has 3 heteroatoms. The maximum atomic E-state index is 5.89. The van der Waals surface area contributed by atoms with E-state index in [0.29, 0.717) is 0 Å². The number of nitrogens with two attached hydrogens (primary N) is 1. The number of hydrogen-bond acceptors (Lipinski definition) is 2. The van der Waals surface area contributed by atoms with Crippen molar-refractivity contribution >= 4 is 0 Å². The Balaban J connectivity index is 2.39. The van der Waals surface area contributed by atoms with Crippen LogP contribution in [0.15, 0.2) is 30.6 Å². The minimum atomic E-state index is 0.188. The normalized spacial score (nSPS) is 12.6. The SMILES string of the molecule is CCCc1nccn1-c1cc(CC(C)N)ccc1C. The van der Waals surface area contributed by atoms with Gasteiger partial charge in [0.05, 0.1) is 0 Å². The third-order valence-corrected chi connectivity index (χ3v) is 3.28. The summed E-state index contributed by atoms with van der Waals surface area (Å²) in [5.41, 5.74) is 9.66. The number of imidazole rings is 1. The van der Waals surface area contributed by atoms with Crippen LogP contribution >= 0.6 is 0 Å². The van der Waals surface area contributed by atoms with Crippen molar-refractivity contribution in [3.63, 3.8) is 0 Å². The molecule has 0 aliphatic carbocycles. The number of rotatable bonds is 5. The van der Waals surface area contributed by atoms with Crippen LogP contribution in [0.5, 0.6) is 0 Å². The third-order valence-electron chi connectivity index (χ3n) is 3.28. The highest BCUT2D eigenvalue weighted by molar-refractivity contribution is 5.44. The molecule has 102 valence electrons. The average Bonchev–Trinajstić information content (AvgIpc) is 2.80. The summed E-state index contributed by atoms with van der Waals surface area (Å²) in [5.74, 6) is 1.13. The molecule has 3 nitrogen and oxygen atoms in total. The molecular weight excluding hydrogens is 234 g/mol. The summed E-state index contributed by atoms with van der Waals surface area (Å²) >= 11 is 0. The molecule has 1 aromatic carbocycles. The lowest BCUT2D eigenvalue weighted by Gasteiger charge is -2.13. The van der Waals surface area contributed by atoms with Gasteiger partial charge in [0.25, 0.3) is 0 Å². The number of aryl methyl sites for hydroxylation is 2. The molecule has 1 unspecified atom stereocenters. The predicted molar refractivity (Wildman–Crippen MR) is 79.6 cm³/mol. The van der Waals surface area contributed by atoms with E-state index in [1.807, 2.05) is 19.3 Å². The first-order chi connectivity index (χ1) is 9.11. The van der Waals surface area contributed by atoms with Gasteiger partial charge in [0.1, 0.15) is 5.82 Å². The van der Waals surface area contributed by atoms with Gasteiger partial charge in [0.15, 0.2) is 0 Å². The van der Waals surface area contributed by atoms with Gasteiger partial charge in [-0.1, -0.05) is 19.1 Å². The fourth-order valence-electron chi connectivity index (χ4n) is 2.38. The quantitative estimate of drug-likeness (QED) is 0.894. The Kier molecular flexibility index (Phi) is 4.38. The summed E-state index contributed by atoms with van der Waals surface area (Å²) in [5, 5.41) is 0. The molecule has 2 rings (SSSR count). The first-order valence-corrected chi connectivity index (χ1v) is 6.99. The minimum Gasteiger partial charge on any atom is -0.328 e. The van der Waals surface area contributed by atoms with Crippen LogP contribution in [0.25, 0.3) is 5.69 Å². The number of nitrogens with zero attached hydrogens (tertiary/aromatic N) is 2. The van der Waals surface area contributed by atoms with E-state index < -0.39 is 0 Å². The number of benzene rings is 1. The molecule has 2 N–H and O–H groups in total. The largest absolute Gasteiger partial charge is 0.328 e. The first-order valence-electron chi connectivity index (χ1n) is 6.99. The maximum Gasteiger partial charge on any atom is 0.113 e. The van der Waals surface area contributed by atoms with Gasteiger partial charge >= 0.3 is 0 Å². The second kappa shape index (κ2) is 6.02. The van der Waals surface area contributed by atoms with E-state index >= 15 is 0 Å². The molecule has 0 radical (unpaired) electrons. The van der Waals surface area contributed by atoms with E-state index in [9.17, 15) is 0 Å². The molecule has 1 atom stereocenters. The fourth-order valence-corrected chi connectivity index (χ4v) is 2.38. The van der Waals surface area contributed by atoms with Gasteiger partial charge in [-0.15, -0.1) is 0 Å². The van der Waals surface area contributed by atoms with Crippen LogP contribution in [-0.2, 0) is 12.8 Å². The molecule has 0 aliphatic heterocycles. The molecule has 0 aliphatic rings. The second-order valence-corrected chi connectivity index (χ2v) is 5.27. The van der Waals surface area contributed by atoms with Crippen LogP contribution in [-0.4, -0.2) is 15.6 Å². The van der Waals surface area contributed by atoms with Crippen molar-refractivity contribution in [3.05, 3.63) is 47.5 Å². The van der Waals surface area contributed by atoms with Crippen LogP contribution < -0.4 is 5.73 Å². The number of aromatic nitrogens is 2. The highest BCUT2D eigenvalue weighted by Crippen LogP contribution is 2.19. The first kappa shape index (κ1) is 13.8. The van der Waals surface area contributed by atoms with E-state index in [1.54, 1.807) is 0 Å². The van der Waals surface area contributed by atoms with Gasteiger partial charge in [-0.25, -0.2) is 4.98 Å². The van der Waals surface area contributed by atoms with Gasteiger partial charge in [0, 0.05) is 30.5 Å². The summed E-state index contributed by atoms with van der Waals surface area (Å²) in [4.78, 5) is 4.45. The van der Waals surface area contributed by atoms with E-state index in [4.69, 9.17) is 5.73 Å². The monoisotopic (exact) mass is 257 g/mol. The average molecular weight is 257 g/mol. The Labute approximate surface area is 115 Å². The standard InChI is InChI=1S/C16H23N3/c1-4-5-16-18-8-9-19(16)15-11-14(10-13(3)17)7-6-12(15)2/h6-9,11,13H,4-5,10,17H2,1-3H3. The Bertz CT molecular complexity index is 541. The van der Waals surface area contributed by atoms with Gasteiger partial charge in [0.2, 0.25) is 0 Å². The summed E-state index contributed by atoms with van der Waals surface area (Å²) in [6, 6.07) is 6.76. The molecule has 2 aromatic rings. The van der Waals surface area contributed by atoms with E-state index in [2.05, 4.69) is 41.6 Å². The summed E-state index contributed by atoms with van der Waals surface area (Å²) in [7, 11) is 0. The van der Waals surface area contributed by atoms with E-state index in [0.717, 1.165) is 25.1 Å². The Morgan fingerprint density at radius 3 is 2.84 bits per heavy atom. The second-order valence-electron chi connectivity index (χ2n) is 5.27. The summed E-state index contributed by atoms with van der Waals surface area (Å²) in [6.45, 7) is 6.36. The third kappa shape index (κ3) is 3.24. The van der Waals surface area contributed by atoms with Crippen molar-refractivity contribution in [2.75, 3.05) is 0 Å². The number of hydrogen-bond donors (Lipinski definition) is 1. The van der Waals surface area contributed by atoms with Crippen LogP contribution in [0, 0.1) is 6.92 Å². The molecule has 1 heterocycles. The zero-order chi connectivity index (χ0) is 13.8. The Morgan fingerprint density at radius 2 is 2.16 bits per heavy atom. The lowest BCUT2D eigenvalue weighted by molar-refractivity contribution is 0.736. The molecule has 0 amide bonds. The van der Waals surface area contributed by atoms with Crippen LogP contribution in [0.1, 0.15) is 37.2 Å². The van der Waals surface area contributed by atoms with Crippen LogP contribution in [0.2, 0.25) is 0 Å². The summed E-state index contributed by atoms with van der Waals surface area (Å²) in [6.07, 6.45) is 6.94. The zero-order valence-electron chi connectivity index (χ0n) is 12.1. The minimum absolute atomic E-state index is 0.188. The lowest BCUT2D eigenvalue weighted by atomic mass is 10.0. The molecule has 1 aromatic heterocycles. The molecular formula is C16H23N3. The Hall–Kier alpha value is -1.61. The summed E-state index contributed by atoms with van der Waals surface area (Å²) < 4.78 is 2.20. The van der Waals surface area contributed by atoms with Crippen molar-refractivity contribution < 1.29 is 0 Å². The van der Waals surface area contributed by atoms with Crippen molar-refractivity contribution in [3.8, 4) is 5.69 Å². The smallest absolute Gasteiger partial charge is 0.113 e. The lowest BCUT2D eigenvalue weighted by Crippen LogP contribution is -2.18. The zero-order valence-corrected chi connectivity index (χ0v) is 12.1. The molecule has 0 saturated carbocycles. The van der Waals surface area contributed by atoms with Crippen molar-refractivity contribution in [2.24, 2.45) is 5.73 Å².